The zero-order valence-electron chi connectivity index (χ0n) is 26.0. The van der Waals surface area contributed by atoms with Crippen LogP contribution < -0.4 is 25.3 Å². The van der Waals surface area contributed by atoms with Gasteiger partial charge >= 0.3 is 0 Å². The van der Waals surface area contributed by atoms with E-state index in [0.717, 1.165) is 45.0 Å². The SMILES string of the molecule is COc1ccc(-c2cccc(N)c2)cc1Cc1c(C[N]C(=O)CCC(C)Cc2ccc(OC)c(OC)c2Cl)nc2ccccn12. The van der Waals surface area contributed by atoms with Crippen LogP contribution in [0.4, 0.5) is 5.69 Å². The molecule has 0 aliphatic rings. The molecule has 0 spiro atoms. The topological polar surface area (TPSA) is 102 Å². The van der Waals surface area contributed by atoms with Crippen molar-refractivity contribution < 1.29 is 19.0 Å². The number of hydrogen-bond donors (Lipinski definition) is 1. The molecule has 5 rings (SSSR count). The standard InChI is InChI=1S/C36H38ClN4O4/c1-23(18-26-13-15-32(44-3)36(45-4)35(26)37)11-16-34(42)39-22-29-30(41-17-6-5-10-33(41)40-29)21-27-19-25(12-14-31(27)43-2)24-8-7-9-28(38)20-24/h5-10,12-15,17,19-20,23H,11,16,18,21-22,38H2,1-4H3. The molecule has 2 aromatic heterocycles. The van der Waals surface area contributed by atoms with Gasteiger partial charge in [-0.1, -0.05) is 48.9 Å². The first kappa shape index (κ1) is 31.7. The van der Waals surface area contributed by atoms with Crippen LogP contribution in [0.15, 0.2) is 79.0 Å². The molecular formula is C36H38ClN4O4. The average Bonchev–Trinajstić information content (AvgIpc) is 3.40. The number of imidazole rings is 1. The van der Waals surface area contributed by atoms with Gasteiger partial charge in [0.15, 0.2) is 11.5 Å². The lowest BCUT2D eigenvalue weighted by molar-refractivity contribution is -0.121. The van der Waals surface area contributed by atoms with Crippen molar-refractivity contribution in [1.82, 2.24) is 14.7 Å². The van der Waals surface area contributed by atoms with Gasteiger partial charge < -0.3 is 24.3 Å². The molecule has 1 atom stereocenters. The van der Waals surface area contributed by atoms with Crippen molar-refractivity contribution >= 4 is 28.8 Å². The number of ether oxygens (including phenoxy) is 3. The zero-order chi connectivity index (χ0) is 31.9. The Bertz CT molecular complexity index is 1800. The van der Waals surface area contributed by atoms with Gasteiger partial charge in [-0.05, 0) is 77.9 Å². The maximum absolute atomic E-state index is 12.9. The van der Waals surface area contributed by atoms with Crippen molar-refractivity contribution in [2.75, 3.05) is 27.1 Å². The molecule has 45 heavy (non-hydrogen) atoms. The second-order valence-corrected chi connectivity index (χ2v) is 11.5. The highest BCUT2D eigenvalue weighted by atomic mass is 35.5. The van der Waals surface area contributed by atoms with Crippen LogP contribution in [0, 0.1) is 5.92 Å². The number of rotatable bonds is 13. The number of anilines is 1. The predicted octanol–water partition coefficient (Wildman–Crippen LogP) is 7.14. The maximum atomic E-state index is 12.9. The van der Waals surface area contributed by atoms with E-state index in [-0.39, 0.29) is 18.4 Å². The number of hydrogen-bond acceptors (Lipinski definition) is 6. The summed E-state index contributed by atoms with van der Waals surface area (Å²) in [4.78, 5) is 17.8. The number of aromatic nitrogens is 2. The number of nitrogen functional groups attached to an aromatic ring is 1. The number of carbonyl (C=O) groups is 1. The van der Waals surface area contributed by atoms with E-state index in [2.05, 4.69) is 22.7 Å². The first-order valence-corrected chi connectivity index (χ1v) is 15.3. The summed E-state index contributed by atoms with van der Waals surface area (Å²) in [5, 5.41) is 4.97. The summed E-state index contributed by atoms with van der Waals surface area (Å²) in [5.74, 6) is 1.95. The smallest absolute Gasteiger partial charge is 0.241 e. The van der Waals surface area contributed by atoms with Crippen LogP contribution in [0.25, 0.3) is 16.8 Å². The molecule has 0 aliphatic heterocycles. The minimum Gasteiger partial charge on any atom is -0.496 e. The maximum Gasteiger partial charge on any atom is 0.241 e. The van der Waals surface area contributed by atoms with Crippen molar-refractivity contribution in [2.24, 2.45) is 5.92 Å². The molecule has 0 fully saturated rings. The molecule has 9 heteroatoms. The van der Waals surface area contributed by atoms with Gasteiger partial charge in [0.05, 0.1) is 44.3 Å². The Hall–Kier alpha value is -4.69. The highest BCUT2D eigenvalue weighted by molar-refractivity contribution is 6.33. The Morgan fingerprint density at radius 3 is 2.47 bits per heavy atom. The van der Waals surface area contributed by atoms with Gasteiger partial charge in [-0.3, -0.25) is 4.79 Å². The van der Waals surface area contributed by atoms with Crippen molar-refractivity contribution in [2.45, 2.75) is 39.2 Å². The van der Waals surface area contributed by atoms with E-state index in [4.69, 9.17) is 36.5 Å². The molecule has 0 saturated carbocycles. The quantitative estimate of drug-likeness (QED) is 0.140. The van der Waals surface area contributed by atoms with E-state index >= 15 is 0 Å². The average molecular weight is 626 g/mol. The monoisotopic (exact) mass is 625 g/mol. The van der Waals surface area contributed by atoms with Crippen LogP contribution >= 0.6 is 11.6 Å². The van der Waals surface area contributed by atoms with E-state index in [0.29, 0.717) is 47.9 Å². The fourth-order valence-electron chi connectivity index (χ4n) is 5.58. The number of fused-ring (bicyclic) bond motifs is 1. The summed E-state index contributed by atoms with van der Waals surface area (Å²) in [6.07, 6.45) is 4.26. The molecular weight excluding hydrogens is 588 g/mol. The van der Waals surface area contributed by atoms with Gasteiger partial charge in [-0.25, -0.2) is 10.3 Å². The second kappa shape index (κ2) is 14.4. The van der Waals surface area contributed by atoms with Gasteiger partial charge in [-0.2, -0.15) is 0 Å². The first-order valence-electron chi connectivity index (χ1n) is 14.9. The first-order chi connectivity index (χ1) is 21.8. The number of carbonyl (C=O) groups excluding carboxylic acids is 1. The van der Waals surface area contributed by atoms with E-state index in [1.165, 1.54) is 0 Å². The molecule has 3 aromatic carbocycles. The Kier molecular flexibility index (Phi) is 10.1. The highest BCUT2D eigenvalue weighted by Crippen LogP contribution is 2.38. The number of amides is 1. The van der Waals surface area contributed by atoms with Crippen molar-refractivity contribution in [3.05, 3.63) is 107 Å². The lowest BCUT2D eigenvalue weighted by atomic mass is 9.96. The van der Waals surface area contributed by atoms with Crippen LogP contribution in [0.3, 0.4) is 0 Å². The van der Waals surface area contributed by atoms with E-state index in [9.17, 15) is 4.79 Å². The Morgan fingerprint density at radius 2 is 1.71 bits per heavy atom. The predicted molar refractivity (Wildman–Crippen MR) is 178 cm³/mol. The van der Waals surface area contributed by atoms with Crippen LogP contribution in [0.1, 0.15) is 42.3 Å². The Labute approximate surface area is 269 Å². The normalized spacial score (nSPS) is 11.8. The molecule has 1 amide bonds. The van der Waals surface area contributed by atoms with Gasteiger partial charge in [0, 0.05) is 30.3 Å². The lowest BCUT2D eigenvalue weighted by Gasteiger charge is -2.16. The summed E-state index contributed by atoms with van der Waals surface area (Å²) in [6, 6.07) is 23.6. The molecule has 8 nitrogen and oxygen atoms in total. The molecule has 0 saturated heterocycles. The third-order valence-electron chi connectivity index (χ3n) is 7.96. The van der Waals surface area contributed by atoms with Gasteiger partial charge in [-0.15, -0.1) is 0 Å². The summed E-state index contributed by atoms with van der Waals surface area (Å²) in [7, 11) is 4.82. The van der Waals surface area contributed by atoms with Crippen LogP contribution in [-0.4, -0.2) is 36.6 Å². The van der Waals surface area contributed by atoms with E-state index in [1.54, 1.807) is 21.3 Å². The van der Waals surface area contributed by atoms with E-state index < -0.39 is 0 Å². The van der Waals surface area contributed by atoms with Crippen molar-refractivity contribution in [3.8, 4) is 28.4 Å². The van der Waals surface area contributed by atoms with Gasteiger partial charge in [0.1, 0.15) is 11.4 Å². The van der Waals surface area contributed by atoms with Gasteiger partial charge in [0.25, 0.3) is 0 Å². The zero-order valence-corrected chi connectivity index (χ0v) is 26.8. The Balaban J connectivity index is 1.28. The molecule has 2 heterocycles. The molecule has 1 radical (unpaired) electrons. The van der Waals surface area contributed by atoms with Crippen molar-refractivity contribution in [1.29, 1.82) is 0 Å². The minimum absolute atomic E-state index is 0.149. The summed E-state index contributed by atoms with van der Waals surface area (Å²) < 4.78 is 18.6. The molecule has 2 N–H and O–H groups in total. The van der Waals surface area contributed by atoms with Crippen molar-refractivity contribution in [3.63, 3.8) is 0 Å². The summed E-state index contributed by atoms with van der Waals surface area (Å²) >= 11 is 6.58. The summed E-state index contributed by atoms with van der Waals surface area (Å²) in [6.45, 7) is 2.30. The van der Waals surface area contributed by atoms with Crippen LogP contribution in [0.5, 0.6) is 17.2 Å². The number of methoxy groups -OCH3 is 3. The number of nitrogens with two attached hydrogens (primary N) is 1. The molecule has 0 bridgehead atoms. The largest absolute Gasteiger partial charge is 0.496 e. The third-order valence-corrected chi connectivity index (χ3v) is 8.37. The lowest BCUT2D eigenvalue weighted by Crippen LogP contribution is -2.17. The highest BCUT2D eigenvalue weighted by Gasteiger charge is 2.19. The fraction of sp³-hybridized carbons (Fsp3) is 0.278. The Morgan fingerprint density at radius 1 is 0.933 bits per heavy atom. The van der Waals surface area contributed by atoms with E-state index in [1.807, 2.05) is 72.9 Å². The van der Waals surface area contributed by atoms with Crippen LogP contribution in [0.2, 0.25) is 5.02 Å². The third kappa shape index (κ3) is 7.35. The van der Waals surface area contributed by atoms with Crippen LogP contribution in [-0.2, 0) is 24.2 Å². The number of pyridine rings is 1. The van der Waals surface area contributed by atoms with Gasteiger partial charge in [0.2, 0.25) is 5.91 Å². The molecule has 5 aromatic rings. The number of nitrogens with zero attached hydrogens (tertiary/aromatic N) is 3. The molecule has 1 unspecified atom stereocenters. The fourth-order valence-corrected chi connectivity index (χ4v) is 5.89. The summed E-state index contributed by atoms with van der Waals surface area (Å²) in [5.41, 5.74) is 13.3. The second-order valence-electron chi connectivity index (χ2n) is 11.1. The molecule has 233 valence electrons. The number of benzene rings is 3. The number of halogens is 1. The molecule has 0 aliphatic carbocycles. The minimum atomic E-state index is -0.149.